The van der Waals surface area contributed by atoms with Crippen LogP contribution in [0.15, 0.2) is 23.3 Å². The molecule has 1 aromatic heterocycles. The largest absolute Gasteiger partial charge is 0.375 e. The number of nitrogens with zero attached hydrogens (tertiary/aromatic N) is 4. The lowest BCUT2D eigenvalue weighted by atomic mass is 9.78. The van der Waals surface area contributed by atoms with Gasteiger partial charge in [0.05, 0.1) is 12.7 Å². The van der Waals surface area contributed by atoms with Crippen molar-refractivity contribution in [3.05, 3.63) is 23.9 Å². The summed E-state index contributed by atoms with van der Waals surface area (Å²) in [6.45, 7) is 12.3. The summed E-state index contributed by atoms with van der Waals surface area (Å²) in [5, 5.41) is 3.58. The number of nitrogens with one attached hydrogen (secondary N) is 1. The van der Waals surface area contributed by atoms with Gasteiger partial charge in [0.15, 0.2) is 5.96 Å². The minimum absolute atomic E-state index is 0. The molecule has 0 aliphatic carbocycles. The van der Waals surface area contributed by atoms with E-state index in [1.165, 1.54) is 31.2 Å². The van der Waals surface area contributed by atoms with Gasteiger partial charge in [0.1, 0.15) is 5.82 Å². The van der Waals surface area contributed by atoms with Crippen molar-refractivity contribution in [2.75, 3.05) is 44.7 Å². The average molecular weight is 515 g/mol. The van der Waals surface area contributed by atoms with E-state index in [1.54, 1.807) is 0 Å². The molecule has 2 saturated heterocycles. The van der Waals surface area contributed by atoms with Gasteiger partial charge in [-0.15, -0.1) is 24.0 Å². The Labute approximate surface area is 193 Å². The number of aliphatic imine (C=N–C) groups is 1. The molecule has 3 heterocycles. The van der Waals surface area contributed by atoms with Gasteiger partial charge in [0.2, 0.25) is 0 Å². The van der Waals surface area contributed by atoms with Crippen molar-refractivity contribution < 1.29 is 4.74 Å². The highest BCUT2D eigenvalue weighted by Gasteiger charge is 2.31. The molecule has 164 valence electrons. The van der Waals surface area contributed by atoms with Crippen molar-refractivity contribution in [3.8, 4) is 0 Å². The van der Waals surface area contributed by atoms with E-state index >= 15 is 0 Å². The van der Waals surface area contributed by atoms with Crippen LogP contribution in [0.5, 0.6) is 0 Å². The summed E-state index contributed by atoms with van der Waals surface area (Å²) in [6.07, 6.45) is 7.26. The highest BCUT2D eigenvalue weighted by molar-refractivity contribution is 14.0. The molecule has 2 unspecified atom stereocenters. The number of ether oxygens (including phenoxy) is 1. The molecule has 1 N–H and O–H groups in total. The van der Waals surface area contributed by atoms with Gasteiger partial charge in [-0.3, -0.25) is 4.99 Å². The van der Waals surface area contributed by atoms with Crippen molar-refractivity contribution >= 4 is 35.8 Å². The highest BCUT2D eigenvalue weighted by Crippen LogP contribution is 2.33. The third-order valence-electron chi connectivity index (χ3n) is 5.97. The Bertz CT molecular complexity index is 666. The molecule has 3 rings (SSSR count). The molecule has 2 atom stereocenters. The molecule has 7 heteroatoms. The minimum atomic E-state index is 0. The van der Waals surface area contributed by atoms with Crippen molar-refractivity contribution in [3.63, 3.8) is 0 Å². The van der Waals surface area contributed by atoms with Gasteiger partial charge in [-0.1, -0.05) is 20.3 Å². The quantitative estimate of drug-likeness (QED) is 0.366. The molecule has 0 aromatic carbocycles. The van der Waals surface area contributed by atoms with Crippen LogP contribution in [-0.2, 0) is 11.3 Å². The number of guanidine groups is 1. The Morgan fingerprint density at radius 3 is 2.97 bits per heavy atom. The summed E-state index contributed by atoms with van der Waals surface area (Å²) in [5.74, 6) is 2.05. The van der Waals surface area contributed by atoms with Crippen LogP contribution in [0.25, 0.3) is 0 Å². The van der Waals surface area contributed by atoms with Gasteiger partial charge >= 0.3 is 0 Å². The van der Waals surface area contributed by atoms with Crippen molar-refractivity contribution in [2.24, 2.45) is 10.4 Å². The molecule has 0 radical (unpaired) electrons. The van der Waals surface area contributed by atoms with Gasteiger partial charge in [-0.2, -0.15) is 0 Å². The van der Waals surface area contributed by atoms with E-state index in [2.05, 4.69) is 58.0 Å². The fourth-order valence-corrected chi connectivity index (χ4v) is 4.59. The van der Waals surface area contributed by atoms with E-state index in [4.69, 9.17) is 4.74 Å². The van der Waals surface area contributed by atoms with Crippen LogP contribution in [0.1, 0.15) is 52.0 Å². The smallest absolute Gasteiger partial charge is 0.193 e. The van der Waals surface area contributed by atoms with Crippen molar-refractivity contribution in [1.29, 1.82) is 0 Å². The van der Waals surface area contributed by atoms with Crippen LogP contribution in [0.4, 0.5) is 5.82 Å². The minimum Gasteiger partial charge on any atom is -0.375 e. The van der Waals surface area contributed by atoms with Crippen molar-refractivity contribution in [1.82, 2.24) is 15.2 Å². The van der Waals surface area contributed by atoms with Crippen LogP contribution in [0.2, 0.25) is 0 Å². The first-order valence-electron chi connectivity index (χ1n) is 10.8. The van der Waals surface area contributed by atoms with Gasteiger partial charge < -0.3 is 19.9 Å². The van der Waals surface area contributed by atoms with Crippen LogP contribution in [0.3, 0.4) is 0 Å². The number of anilines is 1. The van der Waals surface area contributed by atoms with Crippen LogP contribution in [0, 0.1) is 5.41 Å². The maximum absolute atomic E-state index is 5.65. The topological polar surface area (TPSA) is 53.0 Å². The first-order chi connectivity index (χ1) is 13.5. The van der Waals surface area contributed by atoms with E-state index in [0.717, 1.165) is 51.1 Å². The number of hydrogen-bond donors (Lipinski definition) is 1. The first-order valence-corrected chi connectivity index (χ1v) is 10.8. The van der Waals surface area contributed by atoms with E-state index in [9.17, 15) is 0 Å². The molecule has 0 amide bonds. The molecule has 29 heavy (non-hydrogen) atoms. The lowest BCUT2D eigenvalue weighted by Crippen LogP contribution is -2.49. The third kappa shape index (κ3) is 6.70. The zero-order valence-electron chi connectivity index (χ0n) is 18.5. The fourth-order valence-electron chi connectivity index (χ4n) is 4.59. The van der Waals surface area contributed by atoms with E-state index < -0.39 is 0 Å². The number of rotatable bonds is 5. The monoisotopic (exact) mass is 515 g/mol. The molecule has 2 aliphatic rings. The fraction of sp³-hybridized carbons (Fsp3) is 0.727. The molecule has 6 nitrogen and oxygen atoms in total. The third-order valence-corrected chi connectivity index (χ3v) is 5.97. The summed E-state index contributed by atoms with van der Waals surface area (Å²) in [6, 6.07) is 4.28. The van der Waals surface area contributed by atoms with Crippen LogP contribution in [-0.4, -0.2) is 61.8 Å². The predicted molar refractivity (Wildman–Crippen MR) is 131 cm³/mol. The second-order valence-corrected chi connectivity index (χ2v) is 8.64. The van der Waals surface area contributed by atoms with Crippen LogP contribution < -0.4 is 10.2 Å². The Morgan fingerprint density at radius 1 is 1.41 bits per heavy atom. The summed E-state index contributed by atoms with van der Waals surface area (Å²) in [7, 11) is 1.89. The number of morpholine rings is 1. The van der Waals surface area contributed by atoms with E-state index in [-0.39, 0.29) is 30.1 Å². The summed E-state index contributed by atoms with van der Waals surface area (Å²) >= 11 is 0. The number of pyridine rings is 1. The molecular formula is C22H38IN5O. The second-order valence-electron chi connectivity index (χ2n) is 8.64. The summed E-state index contributed by atoms with van der Waals surface area (Å²) in [5.41, 5.74) is 1.64. The lowest BCUT2D eigenvalue weighted by Gasteiger charge is -2.42. The van der Waals surface area contributed by atoms with E-state index in [1.807, 2.05) is 13.2 Å². The number of likely N-dealkylation sites (tertiary alicyclic amines) is 1. The highest BCUT2D eigenvalue weighted by atomic mass is 127. The molecule has 2 fully saturated rings. The first kappa shape index (κ1) is 24.2. The van der Waals surface area contributed by atoms with Crippen molar-refractivity contribution in [2.45, 2.75) is 59.1 Å². The van der Waals surface area contributed by atoms with Crippen LogP contribution >= 0.6 is 24.0 Å². The summed E-state index contributed by atoms with van der Waals surface area (Å²) in [4.78, 5) is 13.9. The Balaban J connectivity index is 0.00000300. The number of piperidine rings is 1. The second kappa shape index (κ2) is 11.3. The Kier molecular flexibility index (Phi) is 9.46. The number of halogens is 1. The van der Waals surface area contributed by atoms with Gasteiger partial charge in [-0.25, -0.2) is 4.98 Å². The van der Waals surface area contributed by atoms with Gasteiger partial charge in [0.25, 0.3) is 0 Å². The zero-order valence-corrected chi connectivity index (χ0v) is 20.8. The Hall–Kier alpha value is -1.09. The normalized spacial score (nSPS) is 25.5. The predicted octanol–water partition coefficient (Wildman–Crippen LogP) is 3.90. The SMILES string of the molecule is CCCC1(C)CCCN(C(=NC)NCc2ccnc(N3CCOC(C)C3)c2)C1.I. The number of aromatic nitrogens is 1. The molecule has 0 saturated carbocycles. The number of hydrogen-bond acceptors (Lipinski definition) is 4. The van der Waals surface area contributed by atoms with Gasteiger partial charge in [-0.05, 0) is 49.3 Å². The maximum Gasteiger partial charge on any atom is 0.193 e. The Morgan fingerprint density at radius 2 is 2.24 bits per heavy atom. The van der Waals surface area contributed by atoms with Gasteiger partial charge in [0, 0.05) is 46.0 Å². The molecule has 0 spiro atoms. The molecule has 1 aromatic rings. The zero-order chi connectivity index (χ0) is 20.0. The molecule has 2 aliphatic heterocycles. The maximum atomic E-state index is 5.65. The molecule has 0 bridgehead atoms. The average Bonchev–Trinajstić information content (AvgIpc) is 2.69. The molecular weight excluding hydrogens is 477 g/mol. The van der Waals surface area contributed by atoms with E-state index in [0.29, 0.717) is 5.41 Å². The lowest BCUT2D eigenvalue weighted by molar-refractivity contribution is 0.0529. The summed E-state index contributed by atoms with van der Waals surface area (Å²) < 4.78 is 5.65. The standard InChI is InChI=1S/C22H37N5O.HI/c1-5-8-22(3)9-6-11-27(17-22)21(23-4)25-15-19-7-10-24-20(14-19)26-12-13-28-18(2)16-26;/h7,10,14,18H,5-6,8-9,11-13,15-17H2,1-4H3,(H,23,25);1H.